The molecule has 0 saturated carbocycles. The van der Waals surface area contributed by atoms with Crippen LogP contribution in [0, 0.1) is 0 Å². The molecule has 0 aliphatic rings. The van der Waals surface area contributed by atoms with E-state index in [4.69, 9.17) is 5.73 Å². The van der Waals surface area contributed by atoms with Gasteiger partial charge in [0.1, 0.15) is 0 Å². The number of halogens is 1. The monoisotopic (exact) mass is 514 g/mol. The van der Waals surface area contributed by atoms with Crippen LogP contribution in [-0.4, -0.2) is 47.9 Å². The van der Waals surface area contributed by atoms with E-state index in [0.717, 1.165) is 27.5 Å². The normalized spacial score (nSPS) is 11.4. The first-order valence-electron chi connectivity index (χ1n) is 9.88. The van der Waals surface area contributed by atoms with Crippen LogP contribution in [0.2, 0.25) is 0 Å². The number of nitrogens with one attached hydrogen (secondary N) is 1. The minimum Gasteiger partial charge on any atom is -0.398 e. The smallest absolute Gasteiger partial charge is 0.232 e. The van der Waals surface area contributed by atoms with Crippen molar-refractivity contribution < 1.29 is 16.8 Å². The van der Waals surface area contributed by atoms with Crippen LogP contribution in [0.5, 0.6) is 0 Å². The highest BCUT2D eigenvalue weighted by Crippen LogP contribution is 2.23. The fourth-order valence-electron chi connectivity index (χ4n) is 2.71. The molecule has 0 fully saturated rings. The average Bonchev–Trinajstić information content (AvgIpc) is 3.33. The number of aromatic nitrogens is 4. The van der Waals surface area contributed by atoms with E-state index in [1.54, 1.807) is 36.1 Å². The molecule has 0 unspecified atom stereocenters. The van der Waals surface area contributed by atoms with Crippen molar-refractivity contribution in [3.05, 3.63) is 48.8 Å². The Morgan fingerprint density at radius 2 is 1.36 bits per heavy atom. The number of nitrogen functional groups attached to an aromatic ring is 1. The molecule has 2 aromatic carbocycles. The van der Waals surface area contributed by atoms with E-state index in [1.807, 2.05) is 43.0 Å². The van der Waals surface area contributed by atoms with Gasteiger partial charge in [-0.25, -0.2) is 16.8 Å². The van der Waals surface area contributed by atoms with Crippen LogP contribution >= 0.6 is 10.7 Å². The summed E-state index contributed by atoms with van der Waals surface area (Å²) in [5, 5.41) is 10.0. The van der Waals surface area contributed by atoms with E-state index in [-0.39, 0.29) is 11.5 Å². The number of rotatable bonds is 4. The Morgan fingerprint density at radius 1 is 0.879 bits per heavy atom. The number of hydrogen-bond acceptors (Lipinski definition) is 7. The summed E-state index contributed by atoms with van der Waals surface area (Å²) in [6.07, 6.45) is 3.44. The van der Waals surface area contributed by atoms with Crippen molar-refractivity contribution in [2.75, 3.05) is 22.0 Å². The van der Waals surface area contributed by atoms with Gasteiger partial charge < -0.3 is 5.73 Å². The summed E-state index contributed by atoms with van der Waals surface area (Å²) in [6, 6.07) is 11.2. The van der Waals surface area contributed by atoms with E-state index < -0.39 is 19.1 Å². The molecule has 0 amide bonds. The molecule has 0 aliphatic heterocycles. The van der Waals surface area contributed by atoms with Gasteiger partial charge in [-0.1, -0.05) is 19.1 Å². The van der Waals surface area contributed by atoms with Crippen LogP contribution in [0.15, 0.2) is 48.8 Å². The largest absolute Gasteiger partial charge is 0.398 e. The van der Waals surface area contributed by atoms with Crippen LogP contribution in [0.4, 0.5) is 11.4 Å². The number of aryl methyl sites for hydroxylation is 2. The van der Waals surface area contributed by atoms with Gasteiger partial charge in [0, 0.05) is 41.2 Å². The maximum atomic E-state index is 11.5. The van der Waals surface area contributed by atoms with Gasteiger partial charge in [-0.15, -0.1) is 0 Å². The summed E-state index contributed by atoms with van der Waals surface area (Å²) in [4.78, 5) is 0. The summed E-state index contributed by atoms with van der Waals surface area (Å²) < 4.78 is 48.6. The van der Waals surface area contributed by atoms with E-state index >= 15 is 0 Å². The SMILES string of the molecule is CCS(=O)(=O)Cl.CCS(=O)(=O)Nc1cccc2c1cnn2C.Cn1ncc2c(N)cccc21. The summed E-state index contributed by atoms with van der Waals surface area (Å²) in [5.41, 5.74) is 9.05. The zero-order valence-corrected chi connectivity index (χ0v) is 21.1. The predicted octanol–water partition coefficient (Wildman–Crippen LogP) is 3.07. The quantitative estimate of drug-likeness (QED) is 0.314. The average molecular weight is 515 g/mol. The Kier molecular flexibility index (Phi) is 8.69. The van der Waals surface area contributed by atoms with Gasteiger partial charge in [-0.2, -0.15) is 10.2 Å². The lowest BCUT2D eigenvalue weighted by atomic mass is 10.2. The molecule has 2 aromatic heterocycles. The highest BCUT2D eigenvalue weighted by atomic mass is 35.7. The second kappa shape index (κ2) is 10.9. The molecule has 0 spiro atoms. The van der Waals surface area contributed by atoms with Gasteiger partial charge in [-0.05, 0) is 31.2 Å². The summed E-state index contributed by atoms with van der Waals surface area (Å²) in [6.45, 7) is 3.09. The molecule has 0 aliphatic carbocycles. The fraction of sp³-hybridized carbons (Fsp3) is 0.300. The third-order valence-electron chi connectivity index (χ3n) is 4.61. The van der Waals surface area contributed by atoms with Gasteiger partial charge in [-0.3, -0.25) is 14.1 Å². The van der Waals surface area contributed by atoms with Crippen molar-refractivity contribution in [2.45, 2.75) is 13.8 Å². The Bertz CT molecular complexity index is 1450. The summed E-state index contributed by atoms with van der Waals surface area (Å²) >= 11 is 0. The Morgan fingerprint density at radius 3 is 1.85 bits per heavy atom. The van der Waals surface area contributed by atoms with E-state index in [2.05, 4.69) is 25.6 Å². The maximum Gasteiger partial charge on any atom is 0.232 e. The molecule has 0 saturated heterocycles. The molecule has 33 heavy (non-hydrogen) atoms. The van der Waals surface area contributed by atoms with Gasteiger partial charge in [0.05, 0.1) is 40.6 Å². The van der Waals surface area contributed by atoms with Crippen molar-refractivity contribution in [2.24, 2.45) is 14.1 Å². The highest BCUT2D eigenvalue weighted by molar-refractivity contribution is 8.13. The number of sulfonamides is 1. The third-order valence-corrected chi connectivity index (χ3v) is 7.24. The molecular weight excluding hydrogens is 488 g/mol. The first-order valence-corrected chi connectivity index (χ1v) is 14.0. The van der Waals surface area contributed by atoms with Crippen LogP contribution in [0.25, 0.3) is 21.8 Å². The second-order valence-corrected chi connectivity index (χ2v) is 12.0. The van der Waals surface area contributed by atoms with Gasteiger partial charge in [0.2, 0.25) is 19.1 Å². The molecule has 2 heterocycles. The third kappa shape index (κ3) is 7.34. The summed E-state index contributed by atoms with van der Waals surface area (Å²) in [7, 11) is 1.98. The first kappa shape index (κ1) is 26.4. The van der Waals surface area contributed by atoms with E-state index in [1.165, 1.54) is 6.92 Å². The van der Waals surface area contributed by atoms with Crippen molar-refractivity contribution >= 4 is 62.9 Å². The maximum absolute atomic E-state index is 11.5. The van der Waals surface area contributed by atoms with Crippen LogP contribution < -0.4 is 10.5 Å². The van der Waals surface area contributed by atoms with Crippen molar-refractivity contribution in [1.82, 2.24) is 19.6 Å². The number of anilines is 2. The highest BCUT2D eigenvalue weighted by Gasteiger charge is 2.10. The second-order valence-electron chi connectivity index (χ2n) is 6.89. The minimum atomic E-state index is -3.24. The van der Waals surface area contributed by atoms with Crippen molar-refractivity contribution in [3.8, 4) is 0 Å². The number of hydrogen-bond donors (Lipinski definition) is 2. The lowest BCUT2D eigenvalue weighted by molar-refractivity contribution is 0.602. The molecule has 10 nitrogen and oxygen atoms in total. The van der Waals surface area contributed by atoms with Crippen molar-refractivity contribution in [1.29, 1.82) is 0 Å². The topological polar surface area (TPSA) is 142 Å². The minimum absolute atomic E-state index is 0.00849. The van der Waals surface area contributed by atoms with Crippen LogP contribution in [0.1, 0.15) is 13.8 Å². The molecular formula is C20H27ClN6O4S2. The zero-order valence-electron chi connectivity index (χ0n) is 18.7. The number of nitrogens with zero attached hydrogens (tertiary/aromatic N) is 4. The molecule has 0 atom stereocenters. The standard InChI is InChI=1S/C10H13N3O2S.C8H9N3.C2H5ClO2S/c1-3-16(14,15)12-9-5-4-6-10-8(9)7-11-13(10)2;1-11-8-4-2-3-7(9)6(8)5-10-11;1-2-6(3,4)5/h4-7,12H,3H2,1-2H3;2-5H,9H2,1H3;2H2,1H3. The molecule has 4 aromatic rings. The van der Waals surface area contributed by atoms with Crippen molar-refractivity contribution in [3.63, 3.8) is 0 Å². The lowest BCUT2D eigenvalue weighted by Crippen LogP contribution is -2.14. The predicted molar refractivity (Wildman–Crippen MR) is 134 cm³/mol. The van der Waals surface area contributed by atoms with Crippen LogP contribution in [-0.2, 0) is 33.2 Å². The Hall–Kier alpha value is -2.83. The van der Waals surface area contributed by atoms with Crippen LogP contribution in [0.3, 0.4) is 0 Å². The number of fused-ring (bicyclic) bond motifs is 2. The Labute approximate surface area is 197 Å². The summed E-state index contributed by atoms with van der Waals surface area (Å²) in [5.74, 6) is 0.0677. The van der Waals surface area contributed by atoms with E-state index in [0.29, 0.717) is 5.69 Å². The fourth-order valence-corrected chi connectivity index (χ4v) is 3.36. The van der Waals surface area contributed by atoms with Gasteiger partial charge in [0.15, 0.2) is 0 Å². The Balaban J connectivity index is 0.000000196. The molecule has 0 radical (unpaired) electrons. The molecule has 0 bridgehead atoms. The van der Waals surface area contributed by atoms with E-state index in [9.17, 15) is 16.8 Å². The first-order chi connectivity index (χ1) is 15.4. The van der Waals surface area contributed by atoms with Gasteiger partial charge in [0.25, 0.3) is 0 Å². The number of benzene rings is 2. The van der Waals surface area contributed by atoms with Gasteiger partial charge >= 0.3 is 0 Å². The zero-order chi connectivity index (χ0) is 24.8. The molecule has 4 rings (SSSR count). The molecule has 3 N–H and O–H groups in total. The molecule has 13 heteroatoms. The number of nitrogens with two attached hydrogens (primary N) is 1. The lowest BCUT2D eigenvalue weighted by Gasteiger charge is -2.06. The molecule has 180 valence electrons.